The van der Waals surface area contributed by atoms with Crippen LogP contribution in [-0.4, -0.2) is 53.3 Å². The van der Waals surface area contributed by atoms with Gasteiger partial charge in [-0.3, -0.25) is 4.79 Å². The van der Waals surface area contributed by atoms with Crippen molar-refractivity contribution in [2.45, 2.75) is 6.92 Å². The Labute approximate surface area is 156 Å². The average Bonchev–Trinajstić information content (AvgIpc) is 2.95. The molecule has 0 spiro atoms. The lowest BCUT2D eigenvalue weighted by Crippen LogP contribution is -2.21. The van der Waals surface area contributed by atoms with Crippen LogP contribution in [0.25, 0.3) is 5.52 Å². The summed E-state index contributed by atoms with van der Waals surface area (Å²) in [6.07, 6.45) is 3.44. The highest BCUT2D eigenvalue weighted by atomic mass is 35.5. The van der Waals surface area contributed by atoms with E-state index in [2.05, 4.69) is 10.1 Å². The molecule has 8 heteroatoms. The van der Waals surface area contributed by atoms with Gasteiger partial charge in [0.2, 0.25) is 5.78 Å². The number of ketones is 1. The first-order chi connectivity index (χ1) is 12.4. The van der Waals surface area contributed by atoms with Crippen LogP contribution < -0.4 is 10.5 Å². The molecule has 0 unspecified atom stereocenters. The lowest BCUT2D eigenvalue weighted by Gasteiger charge is -2.13. The number of aromatic nitrogens is 2. The Morgan fingerprint density at radius 1 is 1.38 bits per heavy atom. The molecule has 0 aromatic carbocycles. The van der Waals surface area contributed by atoms with E-state index >= 15 is 0 Å². The minimum atomic E-state index is -0.287. The molecule has 0 aliphatic heterocycles. The van der Waals surface area contributed by atoms with Crippen LogP contribution in [0.4, 0.5) is 5.69 Å². The van der Waals surface area contributed by atoms with Gasteiger partial charge >= 0.3 is 0 Å². The number of nitrogens with two attached hydrogens (primary N) is 1. The number of rotatable bonds is 5. The molecule has 2 aromatic rings. The first-order valence-electron chi connectivity index (χ1n) is 8.10. The number of carbonyl (C=O) groups excluding carboxylic acids is 1. The number of hydrogen-bond donors (Lipinski definition) is 1. The van der Waals surface area contributed by atoms with Crippen molar-refractivity contribution in [2.24, 2.45) is 10.7 Å². The van der Waals surface area contributed by atoms with E-state index in [0.717, 1.165) is 12.1 Å². The van der Waals surface area contributed by atoms with E-state index in [1.807, 2.05) is 43.4 Å². The fourth-order valence-corrected chi connectivity index (χ4v) is 2.71. The first kappa shape index (κ1) is 18.2. The Hall–Kier alpha value is -2.64. The van der Waals surface area contributed by atoms with Crippen LogP contribution in [0.5, 0.6) is 5.88 Å². The van der Waals surface area contributed by atoms with E-state index in [-0.39, 0.29) is 16.5 Å². The van der Waals surface area contributed by atoms with Crippen molar-refractivity contribution in [1.29, 1.82) is 0 Å². The highest BCUT2D eigenvalue weighted by Gasteiger charge is 2.23. The van der Waals surface area contributed by atoms with Crippen molar-refractivity contribution >= 4 is 34.3 Å². The number of nitrogens with zero attached hydrogens (tertiary/aromatic N) is 4. The number of ether oxygens (including phenoxy) is 1. The van der Waals surface area contributed by atoms with E-state index in [4.69, 9.17) is 22.1 Å². The van der Waals surface area contributed by atoms with Crippen molar-refractivity contribution in [3.05, 3.63) is 46.8 Å². The average molecular weight is 374 g/mol. The molecular weight excluding hydrogens is 354 g/mol. The number of hydrogen-bond acceptors (Lipinski definition) is 6. The number of fused-ring (bicyclic) bond motifs is 1. The fraction of sp³-hybridized carbons (Fsp3) is 0.278. The number of Topliss-reactive ketones (excluding diaryl/α,β-unsaturated/α-hetero) is 1. The summed E-state index contributed by atoms with van der Waals surface area (Å²) < 4.78 is 7.52. The quantitative estimate of drug-likeness (QED) is 0.813. The molecule has 7 nitrogen and oxygen atoms in total. The summed E-state index contributed by atoms with van der Waals surface area (Å²) in [6.45, 7) is 2.89. The van der Waals surface area contributed by atoms with Crippen molar-refractivity contribution < 1.29 is 9.53 Å². The second kappa shape index (κ2) is 7.31. The SMILES string of the molecule is CC1=C/C(=N\c2c(OCCN(C)C)nn3ccccc23)C(N)=C(Cl)C1=O. The molecule has 26 heavy (non-hydrogen) atoms. The van der Waals surface area contributed by atoms with E-state index in [9.17, 15) is 4.79 Å². The summed E-state index contributed by atoms with van der Waals surface area (Å²) in [6, 6.07) is 5.65. The van der Waals surface area contributed by atoms with Gasteiger partial charge in [-0.25, -0.2) is 9.51 Å². The summed E-state index contributed by atoms with van der Waals surface area (Å²) in [5, 5.41) is 4.43. The van der Waals surface area contributed by atoms with Crippen molar-refractivity contribution in [3.8, 4) is 5.88 Å². The van der Waals surface area contributed by atoms with Crippen LogP contribution in [0.15, 0.2) is 51.8 Å². The molecule has 0 fully saturated rings. The number of aliphatic imine (C=N–C) groups is 1. The summed E-state index contributed by atoms with van der Waals surface area (Å²) >= 11 is 6.05. The Morgan fingerprint density at radius 3 is 2.88 bits per heavy atom. The molecule has 2 aromatic heterocycles. The minimum absolute atomic E-state index is 0.0182. The van der Waals surface area contributed by atoms with Crippen molar-refractivity contribution in [2.75, 3.05) is 27.2 Å². The second-order valence-electron chi connectivity index (χ2n) is 6.22. The van der Waals surface area contributed by atoms with E-state index in [0.29, 0.717) is 29.5 Å². The van der Waals surface area contributed by atoms with Gasteiger partial charge < -0.3 is 15.4 Å². The normalized spacial score (nSPS) is 16.7. The summed E-state index contributed by atoms with van der Waals surface area (Å²) in [5.74, 6) is 0.114. The number of likely N-dealkylation sites (N-methyl/N-ethyl adjacent to an activating group) is 1. The minimum Gasteiger partial charge on any atom is -0.474 e. The standard InChI is InChI=1S/C18H20ClN5O2/c1-11-10-12(15(20)14(19)17(11)25)21-16-13-6-4-5-7-24(13)22-18(16)26-9-8-23(2)3/h4-7,10H,8-9,20H2,1-3H3/b21-12+. The van der Waals surface area contributed by atoms with Gasteiger partial charge in [0.15, 0.2) is 5.69 Å². The monoisotopic (exact) mass is 373 g/mol. The topological polar surface area (TPSA) is 85.2 Å². The maximum atomic E-state index is 11.9. The lowest BCUT2D eigenvalue weighted by molar-refractivity contribution is -0.111. The second-order valence-corrected chi connectivity index (χ2v) is 6.60. The highest BCUT2D eigenvalue weighted by Crippen LogP contribution is 2.33. The Kier molecular flexibility index (Phi) is 5.11. The fourth-order valence-electron chi connectivity index (χ4n) is 2.46. The molecule has 0 bridgehead atoms. The zero-order valence-electron chi connectivity index (χ0n) is 14.9. The van der Waals surface area contributed by atoms with Gasteiger partial charge in [0.25, 0.3) is 5.88 Å². The zero-order chi connectivity index (χ0) is 18.8. The molecule has 3 rings (SSSR count). The molecule has 0 amide bonds. The zero-order valence-corrected chi connectivity index (χ0v) is 15.6. The van der Waals surface area contributed by atoms with Gasteiger partial charge in [0.05, 0.1) is 16.9 Å². The van der Waals surface area contributed by atoms with Gasteiger partial charge in [-0.2, -0.15) is 0 Å². The number of carbonyl (C=O) groups is 1. The first-order valence-corrected chi connectivity index (χ1v) is 8.48. The van der Waals surface area contributed by atoms with Gasteiger partial charge in [-0.1, -0.05) is 17.7 Å². The van der Waals surface area contributed by atoms with Gasteiger partial charge in [0.1, 0.15) is 11.6 Å². The summed E-state index contributed by atoms with van der Waals surface area (Å²) in [5.41, 5.74) is 8.37. The predicted octanol–water partition coefficient (Wildman–Crippen LogP) is 2.29. The van der Waals surface area contributed by atoms with Crippen LogP contribution in [0.1, 0.15) is 6.92 Å². The van der Waals surface area contributed by atoms with Gasteiger partial charge in [-0.15, -0.1) is 5.10 Å². The van der Waals surface area contributed by atoms with Crippen molar-refractivity contribution in [3.63, 3.8) is 0 Å². The molecule has 1 aliphatic carbocycles. The smallest absolute Gasteiger partial charge is 0.260 e. The Balaban J connectivity index is 2.07. The van der Waals surface area contributed by atoms with E-state index in [1.165, 1.54) is 0 Å². The molecule has 0 atom stereocenters. The molecule has 0 radical (unpaired) electrons. The summed E-state index contributed by atoms with van der Waals surface area (Å²) in [4.78, 5) is 18.6. The molecule has 0 saturated carbocycles. The predicted molar refractivity (Wildman–Crippen MR) is 102 cm³/mol. The third-order valence-corrected chi connectivity index (χ3v) is 4.29. The van der Waals surface area contributed by atoms with Gasteiger partial charge in [0, 0.05) is 18.3 Å². The van der Waals surface area contributed by atoms with Crippen LogP contribution >= 0.6 is 11.6 Å². The molecule has 136 valence electrons. The number of halogens is 1. The molecule has 0 saturated heterocycles. The van der Waals surface area contributed by atoms with Gasteiger partial charge in [-0.05, 0) is 39.2 Å². The highest BCUT2D eigenvalue weighted by molar-refractivity contribution is 6.49. The van der Waals surface area contributed by atoms with Crippen LogP contribution in [0, 0.1) is 0 Å². The largest absolute Gasteiger partial charge is 0.474 e. The van der Waals surface area contributed by atoms with Crippen LogP contribution in [-0.2, 0) is 4.79 Å². The lowest BCUT2D eigenvalue weighted by atomic mass is 10.0. The maximum absolute atomic E-state index is 11.9. The molecular formula is C18H20ClN5O2. The van der Waals surface area contributed by atoms with Crippen LogP contribution in [0.2, 0.25) is 0 Å². The number of allylic oxidation sites excluding steroid dienone is 3. The molecule has 2 N–H and O–H groups in total. The Bertz CT molecular complexity index is 956. The van der Waals surface area contributed by atoms with Crippen LogP contribution in [0.3, 0.4) is 0 Å². The van der Waals surface area contributed by atoms with E-state index < -0.39 is 0 Å². The van der Waals surface area contributed by atoms with E-state index in [1.54, 1.807) is 17.5 Å². The third kappa shape index (κ3) is 3.49. The summed E-state index contributed by atoms with van der Waals surface area (Å²) in [7, 11) is 3.93. The van der Waals surface area contributed by atoms with Crippen molar-refractivity contribution in [1.82, 2.24) is 14.5 Å². The molecule has 1 aliphatic rings. The maximum Gasteiger partial charge on any atom is 0.260 e. The third-order valence-electron chi connectivity index (χ3n) is 3.92. The molecule has 2 heterocycles. The number of pyridine rings is 1. The Morgan fingerprint density at radius 2 is 2.15 bits per heavy atom.